The molecule has 0 aliphatic carbocycles. The monoisotopic (exact) mass is 488 g/mol. The number of hydrogen-bond donors (Lipinski definition) is 0. The Hall–Kier alpha value is -2.78. The molecule has 0 spiro atoms. The van der Waals surface area contributed by atoms with Crippen LogP contribution >= 0.6 is 0 Å². The van der Waals surface area contributed by atoms with Gasteiger partial charge in [-0.1, -0.05) is 17.7 Å². The van der Waals surface area contributed by atoms with Gasteiger partial charge in [-0.3, -0.25) is 4.79 Å². The third-order valence-corrected chi connectivity index (χ3v) is 8.15. The molecule has 1 fully saturated rings. The molecule has 1 amide bonds. The Morgan fingerprint density at radius 1 is 1.06 bits per heavy atom. The molecule has 184 valence electrons. The summed E-state index contributed by atoms with van der Waals surface area (Å²) in [4.78, 5) is 14.7. The van der Waals surface area contributed by atoms with Crippen LogP contribution in [-0.2, 0) is 14.8 Å². The molecule has 34 heavy (non-hydrogen) atoms. The molecule has 1 saturated heterocycles. The lowest BCUT2D eigenvalue weighted by atomic mass is 9.97. The van der Waals surface area contributed by atoms with Crippen molar-refractivity contribution in [3.63, 3.8) is 0 Å². The first-order valence-corrected chi connectivity index (χ1v) is 13.1. The lowest BCUT2D eigenvalue weighted by molar-refractivity contribution is -0.135. The average molecular weight is 489 g/mol. The standard InChI is InChI=1S/C25H32N2O6S/c1-19-4-6-21(7-5-19)31-17-14-26(2)25(28)20-10-12-27(13-11-20)34(29,30)22-8-9-23-24(18-22)33-16-3-15-32-23/h4-9,18,20H,3,10-17H2,1-2H3. The van der Waals surface area contributed by atoms with Crippen LogP contribution in [0.2, 0.25) is 0 Å². The van der Waals surface area contributed by atoms with E-state index >= 15 is 0 Å². The number of hydrogen-bond acceptors (Lipinski definition) is 6. The van der Waals surface area contributed by atoms with Crippen molar-refractivity contribution in [1.82, 2.24) is 9.21 Å². The molecule has 0 N–H and O–H groups in total. The minimum absolute atomic E-state index is 0.0279. The number of rotatable bonds is 7. The normalized spacial score (nSPS) is 17.1. The molecule has 0 bridgehead atoms. The van der Waals surface area contributed by atoms with Gasteiger partial charge in [0.15, 0.2) is 11.5 Å². The van der Waals surface area contributed by atoms with Crippen LogP contribution in [0.5, 0.6) is 17.2 Å². The van der Waals surface area contributed by atoms with Crippen LogP contribution < -0.4 is 14.2 Å². The van der Waals surface area contributed by atoms with Gasteiger partial charge in [0.25, 0.3) is 0 Å². The number of ether oxygens (including phenoxy) is 3. The molecule has 0 atom stereocenters. The highest BCUT2D eigenvalue weighted by Gasteiger charge is 2.33. The first-order chi connectivity index (χ1) is 16.3. The zero-order chi connectivity index (χ0) is 24.1. The van der Waals surface area contributed by atoms with Crippen LogP contribution in [0, 0.1) is 12.8 Å². The Balaban J connectivity index is 1.29. The van der Waals surface area contributed by atoms with E-state index in [4.69, 9.17) is 14.2 Å². The van der Waals surface area contributed by atoms with Crippen LogP contribution in [0.1, 0.15) is 24.8 Å². The molecule has 2 aliphatic rings. The molecule has 2 aliphatic heterocycles. The van der Waals surface area contributed by atoms with Gasteiger partial charge in [0.2, 0.25) is 15.9 Å². The number of aryl methyl sites for hydroxylation is 1. The van der Waals surface area contributed by atoms with E-state index in [1.165, 1.54) is 10.4 Å². The maximum absolute atomic E-state index is 13.2. The third-order valence-electron chi connectivity index (χ3n) is 6.25. The van der Waals surface area contributed by atoms with Crippen molar-refractivity contribution in [2.75, 3.05) is 46.5 Å². The quantitative estimate of drug-likeness (QED) is 0.596. The zero-order valence-corrected chi connectivity index (χ0v) is 20.6. The minimum atomic E-state index is -3.67. The van der Waals surface area contributed by atoms with Crippen molar-refractivity contribution in [1.29, 1.82) is 0 Å². The van der Waals surface area contributed by atoms with Crippen molar-refractivity contribution in [3.8, 4) is 17.2 Å². The van der Waals surface area contributed by atoms with Gasteiger partial charge >= 0.3 is 0 Å². The van der Waals surface area contributed by atoms with Gasteiger partial charge in [0.1, 0.15) is 12.4 Å². The topological polar surface area (TPSA) is 85.4 Å². The molecule has 2 aromatic carbocycles. The van der Waals surface area contributed by atoms with E-state index < -0.39 is 10.0 Å². The molecular formula is C25H32N2O6S. The van der Waals surface area contributed by atoms with E-state index in [1.807, 2.05) is 31.2 Å². The van der Waals surface area contributed by atoms with Crippen LogP contribution in [-0.4, -0.2) is 70.0 Å². The minimum Gasteiger partial charge on any atom is -0.492 e. The molecule has 0 aromatic heterocycles. The lowest BCUT2D eigenvalue weighted by Crippen LogP contribution is -2.44. The molecule has 8 nitrogen and oxygen atoms in total. The molecule has 2 aromatic rings. The van der Waals surface area contributed by atoms with Crippen molar-refractivity contribution in [2.24, 2.45) is 5.92 Å². The number of piperidine rings is 1. The fraction of sp³-hybridized carbons (Fsp3) is 0.480. The van der Waals surface area contributed by atoms with Crippen molar-refractivity contribution < 1.29 is 27.4 Å². The fourth-order valence-corrected chi connectivity index (χ4v) is 5.64. The van der Waals surface area contributed by atoms with Gasteiger partial charge in [0, 0.05) is 38.5 Å². The Morgan fingerprint density at radius 3 is 2.44 bits per heavy atom. The summed E-state index contributed by atoms with van der Waals surface area (Å²) in [7, 11) is -1.91. The Labute approximate surface area is 201 Å². The third kappa shape index (κ3) is 5.64. The second-order valence-corrected chi connectivity index (χ2v) is 10.7. The average Bonchev–Trinajstić information content (AvgIpc) is 3.10. The molecule has 0 unspecified atom stereocenters. The summed E-state index contributed by atoms with van der Waals surface area (Å²) in [6.45, 7) is 4.55. The van der Waals surface area contributed by atoms with Crippen molar-refractivity contribution >= 4 is 15.9 Å². The van der Waals surface area contributed by atoms with Gasteiger partial charge in [-0.25, -0.2) is 8.42 Å². The summed E-state index contributed by atoms with van der Waals surface area (Å²) in [6, 6.07) is 12.5. The van der Waals surface area contributed by atoms with Gasteiger partial charge in [0.05, 0.1) is 24.7 Å². The number of likely N-dealkylation sites (N-methyl/N-ethyl adjacent to an activating group) is 1. The Bertz CT molecular complexity index is 1090. The molecular weight excluding hydrogens is 456 g/mol. The number of nitrogens with zero attached hydrogens (tertiary/aromatic N) is 2. The number of fused-ring (bicyclic) bond motifs is 1. The van der Waals surface area contributed by atoms with Gasteiger partial charge in [-0.2, -0.15) is 4.31 Å². The predicted octanol–water partition coefficient (Wildman–Crippen LogP) is 3.09. The number of amides is 1. The number of sulfonamides is 1. The summed E-state index contributed by atoms with van der Waals surface area (Å²) in [5.41, 5.74) is 1.16. The van der Waals surface area contributed by atoms with Gasteiger partial charge in [-0.15, -0.1) is 0 Å². The smallest absolute Gasteiger partial charge is 0.243 e. The largest absolute Gasteiger partial charge is 0.492 e. The van der Waals surface area contributed by atoms with Crippen LogP contribution in [0.3, 0.4) is 0 Å². The summed E-state index contributed by atoms with van der Waals surface area (Å²) in [6.07, 6.45) is 1.74. The summed E-state index contributed by atoms with van der Waals surface area (Å²) >= 11 is 0. The van der Waals surface area contributed by atoms with Gasteiger partial charge < -0.3 is 19.1 Å². The summed E-state index contributed by atoms with van der Waals surface area (Å²) in [5, 5.41) is 0. The van der Waals surface area contributed by atoms with E-state index in [0.717, 1.165) is 17.7 Å². The summed E-state index contributed by atoms with van der Waals surface area (Å²) < 4.78 is 44.8. The first kappa shape index (κ1) is 24.3. The second kappa shape index (κ2) is 10.7. The molecule has 0 radical (unpaired) electrons. The number of carbonyl (C=O) groups excluding carboxylic acids is 1. The van der Waals surface area contributed by atoms with E-state index in [1.54, 1.807) is 24.1 Å². The van der Waals surface area contributed by atoms with Crippen molar-refractivity contribution in [3.05, 3.63) is 48.0 Å². The highest BCUT2D eigenvalue weighted by molar-refractivity contribution is 7.89. The maximum atomic E-state index is 13.2. The Kier molecular flexibility index (Phi) is 7.63. The number of benzene rings is 2. The predicted molar refractivity (Wildman–Crippen MR) is 128 cm³/mol. The van der Waals surface area contributed by atoms with E-state index in [0.29, 0.717) is 63.8 Å². The van der Waals surface area contributed by atoms with Crippen molar-refractivity contribution in [2.45, 2.75) is 31.1 Å². The number of carbonyl (C=O) groups is 1. The molecule has 4 rings (SSSR count). The highest BCUT2D eigenvalue weighted by Crippen LogP contribution is 2.34. The SMILES string of the molecule is Cc1ccc(OCCN(C)C(=O)C2CCN(S(=O)(=O)c3ccc4c(c3)OCCCO4)CC2)cc1. The van der Waals surface area contributed by atoms with Crippen LogP contribution in [0.15, 0.2) is 47.4 Å². The van der Waals surface area contributed by atoms with E-state index in [2.05, 4.69) is 0 Å². The highest BCUT2D eigenvalue weighted by atomic mass is 32.2. The molecule has 2 heterocycles. The van der Waals surface area contributed by atoms with Crippen LogP contribution in [0.4, 0.5) is 0 Å². The van der Waals surface area contributed by atoms with Crippen LogP contribution in [0.25, 0.3) is 0 Å². The second-order valence-electron chi connectivity index (χ2n) is 8.76. The summed E-state index contributed by atoms with van der Waals surface area (Å²) in [5.74, 6) is 1.63. The first-order valence-electron chi connectivity index (χ1n) is 11.7. The molecule has 9 heteroatoms. The van der Waals surface area contributed by atoms with Gasteiger partial charge in [-0.05, 0) is 44.0 Å². The lowest BCUT2D eigenvalue weighted by Gasteiger charge is -2.32. The molecule has 0 saturated carbocycles. The fourth-order valence-electron chi connectivity index (χ4n) is 4.15. The Morgan fingerprint density at radius 2 is 1.74 bits per heavy atom. The zero-order valence-electron chi connectivity index (χ0n) is 19.7. The van der Waals surface area contributed by atoms with E-state index in [9.17, 15) is 13.2 Å². The van der Waals surface area contributed by atoms with E-state index in [-0.39, 0.29) is 16.7 Å². The maximum Gasteiger partial charge on any atom is 0.243 e.